The van der Waals surface area contributed by atoms with E-state index in [-0.39, 0.29) is 5.97 Å². The van der Waals surface area contributed by atoms with E-state index in [1.54, 1.807) is 0 Å². The molecule has 1 heterocycles. The molecular formula is C12H24N2O2. The van der Waals surface area contributed by atoms with Gasteiger partial charge in [0, 0.05) is 12.5 Å². The molecule has 16 heavy (non-hydrogen) atoms. The highest BCUT2D eigenvalue weighted by Crippen LogP contribution is 2.14. The van der Waals surface area contributed by atoms with Gasteiger partial charge in [-0.15, -0.1) is 0 Å². The molecule has 0 unspecified atom stereocenters. The molecule has 4 heteroatoms. The number of ether oxygens (including phenoxy) is 1. The fourth-order valence-electron chi connectivity index (χ4n) is 2.19. The molecule has 0 radical (unpaired) electrons. The molecule has 1 rings (SSSR count). The van der Waals surface area contributed by atoms with E-state index in [9.17, 15) is 4.79 Å². The normalized spacial score (nSPS) is 19.0. The average molecular weight is 228 g/mol. The smallest absolute Gasteiger partial charge is 0.305 e. The molecule has 0 aromatic rings. The van der Waals surface area contributed by atoms with E-state index in [1.165, 1.54) is 33.0 Å². The fraction of sp³-hybridized carbons (Fsp3) is 0.917. The third-order valence-electron chi connectivity index (χ3n) is 3.43. The summed E-state index contributed by atoms with van der Waals surface area (Å²) in [5.41, 5.74) is 0. The van der Waals surface area contributed by atoms with E-state index < -0.39 is 0 Å². The molecule has 0 aromatic heterocycles. The van der Waals surface area contributed by atoms with Crippen LogP contribution in [0.1, 0.15) is 25.7 Å². The fourth-order valence-corrected chi connectivity index (χ4v) is 2.19. The van der Waals surface area contributed by atoms with Gasteiger partial charge in [-0.3, -0.25) is 4.79 Å². The van der Waals surface area contributed by atoms with Crippen molar-refractivity contribution in [1.29, 1.82) is 0 Å². The van der Waals surface area contributed by atoms with E-state index in [0.717, 1.165) is 13.0 Å². The second-order valence-corrected chi connectivity index (χ2v) is 4.69. The number of nitrogens with zero attached hydrogens (tertiary/aromatic N) is 2. The molecule has 0 aliphatic carbocycles. The Balaban J connectivity index is 2.14. The molecule has 0 atom stereocenters. The summed E-state index contributed by atoms with van der Waals surface area (Å²) in [5.74, 6) is -0.100. The molecule has 0 saturated carbocycles. The Kier molecular flexibility index (Phi) is 5.77. The highest BCUT2D eigenvalue weighted by Gasteiger charge is 2.20. The average Bonchev–Trinajstić information content (AvgIpc) is 2.29. The predicted octanol–water partition coefficient (Wildman–Crippen LogP) is 0.966. The van der Waals surface area contributed by atoms with Crippen molar-refractivity contribution in [2.24, 2.45) is 0 Å². The second-order valence-electron chi connectivity index (χ2n) is 4.69. The Labute approximate surface area is 98.5 Å². The number of likely N-dealkylation sites (tertiary alicyclic amines) is 1. The summed E-state index contributed by atoms with van der Waals surface area (Å²) in [5, 5.41) is 0. The molecule has 1 saturated heterocycles. The van der Waals surface area contributed by atoms with E-state index in [0.29, 0.717) is 12.5 Å². The first-order valence-corrected chi connectivity index (χ1v) is 6.09. The maximum atomic E-state index is 11.0. The van der Waals surface area contributed by atoms with Gasteiger partial charge < -0.3 is 14.5 Å². The lowest BCUT2D eigenvalue weighted by molar-refractivity contribution is -0.140. The quantitative estimate of drug-likeness (QED) is 0.656. The third-order valence-corrected chi connectivity index (χ3v) is 3.43. The third kappa shape index (κ3) is 4.49. The Bertz CT molecular complexity index is 213. The number of esters is 1. The van der Waals surface area contributed by atoms with Crippen LogP contribution in [0, 0.1) is 0 Å². The lowest BCUT2D eigenvalue weighted by Crippen LogP contribution is -2.42. The van der Waals surface area contributed by atoms with Gasteiger partial charge in [0.15, 0.2) is 0 Å². The Morgan fingerprint density at radius 2 is 2.06 bits per heavy atom. The zero-order valence-corrected chi connectivity index (χ0v) is 10.7. The molecule has 94 valence electrons. The van der Waals surface area contributed by atoms with Crippen molar-refractivity contribution in [2.75, 3.05) is 40.8 Å². The SMILES string of the molecule is COC(=O)CCCN(C)C1CCN(C)CC1. The number of carbonyl (C=O) groups is 1. The summed E-state index contributed by atoms with van der Waals surface area (Å²) < 4.78 is 4.63. The lowest BCUT2D eigenvalue weighted by Gasteiger charge is -2.35. The van der Waals surface area contributed by atoms with Gasteiger partial charge in [-0.25, -0.2) is 0 Å². The standard InChI is InChI=1S/C12H24N2O2/c1-13-9-6-11(7-10-13)14(2)8-4-5-12(15)16-3/h11H,4-10H2,1-3H3. The maximum Gasteiger partial charge on any atom is 0.305 e. The molecular weight excluding hydrogens is 204 g/mol. The van der Waals surface area contributed by atoms with Gasteiger partial charge in [0.25, 0.3) is 0 Å². The molecule has 0 spiro atoms. The van der Waals surface area contributed by atoms with Gasteiger partial charge >= 0.3 is 5.97 Å². The largest absolute Gasteiger partial charge is 0.469 e. The van der Waals surface area contributed by atoms with Crippen LogP contribution in [0.4, 0.5) is 0 Å². The van der Waals surface area contributed by atoms with Gasteiger partial charge in [0.1, 0.15) is 0 Å². The first-order chi connectivity index (χ1) is 7.63. The number of hydrogen-bond donors (Lipinski definition) is 0. The van der Waals surface area contributed by atoms with Gasteiger partial charge in [-0.05, 0) is 53.0 Å². The summed E-state index contributed by atoms with van der Waals surface area (Å²) in [6, 6.07) is 0.689. The molecule has 4 nitrogen and oxygen atoms in total. The van der Waals surface area contributed by atoms with Crippen molar-refractivity contribution in [1.82, 2.24) is 9.80 Å². The lowest BCUT2D eigenvalue weighted by atomic mass is 10.0. The van der Waals surface area contributed by atoms with Crippen molar-refractivity contribution < 1.29 is 9.53 Å². The zero-order chi connectivity index (χ0) is 12.0. The molecule has 0 N–H and O–H groups in total. The number of piperidine rings is 1. The number of carbonyl (C=O) groups excluding carboxylic acids is 1. The second kappa shape index (κ2) is 6.86. The van der Waals surface area contributed by atoms with Crippen molar-refractivity contribution in [2.45, 2.75) is 31.7 Å². The van der Waals surface area contributed by atoms with Crippen molar-refractivity contribution in [3.8, 4) is 0 Å². The van der Waals surface area contributed by atoms with Crippen LogP contribution < -0.4 is 0 Å². The van der Waals surface area contributed by atoms with Gasteiger partial charge in [-0.1, -0.05) is 0 Å². The molecule has 0 aromatic carbocycles. The summed E-state index contributed by atoms with van der Waals surface area (Å²) >= 11 is 0. The minimum absolute atomic E-state index is 0.100. The van der Waals surface area contributed by atoms with Crippen LogP contribution in [-0.4, -0.2) is 62.7 Å². The van der Waals surface area contributed by atoms with Crippen molar-refractivity contribution in [3.63, 3.8) is 0 Å². The van der Waals surface area contributed by atoms with Crippen LogP contribution in [-0.2, 0) is 9.53 Å². The summed E-state index contributed by atoms with van der Waals surface area (Å²) in [6.45, 7) is 3.36. The molecule has 1 aliphatic heterocycles. The summed E-state index contributed by atoms with van der Waals surface area (Å²) in [6.07, 6.45) is 3.92. The number of hydrogen-bond acceptors (Lipinski definition) is 4. The van der Waals surface area contributed by atoms with Crippen molar-refractivity contribution in [3.05, 3.63) is 0 Å². The maximum absolute atomic E-state index is 11.0. The van der Waals surface area contributed by atoms with E-state index in [4.69, 9.17) is 0 Å². The van der Waals surface area contributed by atoms with Gasteiger partial charge in [-0.2, -0.15) is 0 Å². The minimum Gasteiger partial charge on any atom is -0.469 e. The number of rotatable bonds is 5. The predicted molar refractivity (Wildman–Crippen MR) is 64.4 cm³/mol. The zero-order valence-electron chi connectivity index (χ0n) is 10.7. The topological polar surface area (TPSA) is 32.8 Å². The number of methoxy groups -OCH3 is 1. The minimum atomic E-state index is -0.100. The van der Waals surface area contributed by atoms with Crippen LogP contribution >= 0.6 is 0 Å². The van der Waals surface area contributed by atoms with Crippen molar-refractivity contribution >= 4 is 5.97 Å². The Morgan fingerprint density at radius 3 is 2.62 bits per heavy atom. The molecule has 0 bridgehead atoms. The Hall–Kier alpha value is -0.610. The van der Waals surface area contributed by atoms with Gasteiger partial charge in [0.2, 0.25) is 0 Å². The van der Waals surface area contributed by atoms with E-state index >= 15 is 0 Å². The molecule has 1 aliphatic rings. The van der Waals surface area contributed by atoms with Crippen LogP contribution in [0.2, 0.25) is 0 Å². The van der Waals surface area contributed by atoms with Crippen LogP contribution in [0.5, 0.6) is 0 Å². The first kappa shape index (κ1) is 13.5. The van der Waals surface area contributed by atoms with Gasteiger partial charge in [0.05, 0.1) is 7.11 Å². The summed E-state index contributed by atoms with van der Waals surface area (Å²) in [4.78, 5) is 15.7. The highest BCUT2D eigenvalue weighted by atomic mass is 16.5. The molecule has 1 fully saturated rings. The van der Waals surface area contributed by atoms with E-state index in [2.05, 4.69) is 28.6 Å². The van der Waals surface area contributed by atoms with Crippen LogP contribution in [0.25, 0.3) is 0 Å². The molecule has 0 amide bonds. The Morgan fingerprint density at radius 1 is 1.44 bits per heavy atom. The van der Waals surface area contributed by atoms with Crippen LogP contribution in [0.3, 0.4) is 0 Å². The van der Waals surface area contributed by atoms with E-state index in [1.807, 2.05) is 0 Å². The first-order valence-electron chi connectivity index (χ1n) is 6.09. The monoisotopic (exact) mass is 228 g/mol. The highest BCUT2D eigenvalue weighted by molar-refractivity contribution is 5.69. The summed E-state index contributed by atoms with van der Waals surface area (Å²) in [7, 11) is 5.78. The van der Waals surface area contributed by atoms with Crippen LogP contribution in [0.15, 0.2) is 0 Å².